The number of aryl methyl sites for hydroxylation is 1. The molecule has 15 heavy (non-hydrogen) atoms. The van der Waals surface area contributed by atoms with E-state index in [-0.39, 0.29) is 0 Å². The van der Waals surface area contributed by atoms with Crippen LogP contribution in [0.2, 0.25) is 0 Å². The van der Waals surface area contributed by atoms with E-state index in [0.717, 1.165) is 21.4 Å². The molecule has 0 saturated carbocycles. The Labute approximate surface area is 90.2 Å². The third kappa shape index (κ3) is 1.41. The number of pyridine rings is 1. The highest BCUT2D eigenvalue weighted by molar-refractivity contribution is 7.16. The molecule has 0 radical (unpaired) electrons. The van der Waals surface area contributed by atoms with E-state index in [9.17, 15) is 0 Å². The van der Waals surface area contributed by atoms with Gasteiger partial charge in [0.2, 0.25) is 4.96 Å². The topological polar surface area (TPSA) is 43.1 Å². The van der Waals surface area contributed by atoms with Gasteiger partial charge < -0.3 is 0 Å². The Balaban J connectivity index is 2.16. The standard InChI is InChI=1S/C10H8N4S/c1-7-13-14-6-9(12-10(14)15-7)8-4-2-3-5-11-8/h2-6H,1H3. The van der Waals surface area contributed by atoms with Gasteiger partial charge in [0.25, 0.3) is 0 Å². The van der Waals surface area contributed by atoms with E-state index in [1.165, 1.54) is 0 Å². The molecule has 5 heteroatoms. The highest BCUT2D eigenvalue weighted by atomic mass is 32.1. The molecule has 0 spiro atoms. The van der Waals surface area contributed by atoms with Crippen molar-refractivity contribution in [3.63, 3.8) is 0 Å². The van der Waals surface area contributed by atoms with Gasteiger partial charge >= 0.3 is 0 Å². The summed E-state index contributed by atoms with van der Waals surface area (Å²) in [5.41, 5.74) is 1.75. The summed E-state index contributed by atoms with van der Waals surface area (Å²) in [6.07, 6.45) is 3.67. The van der Waals surface area contributed by atoms with E-state index in [0.29, 0.717) is 0 Å². The van der Waals surface area contributed by atoms with Crippen LogP contribution in [-0.4, -0.2) is 19.6 Å². The minimum atomic E-state index is 0.870. The average molecular weight is 216 g/mol. The maximum absolute atomic E-state index is 4.46. The number of hydrogen-bond donors (Lipinski definition) is 0. The molecule has 4 nitrogen and oxygen atoms in total. The van der Waals surface area contributed by atoms with Crippen molar-refractivity contribution in [1.82, 2.24) is 19.6 Å². The van der Waals surface area contributed by atoms with Crippen molar-refractivity contribution in [3.05, 3.63) is 35.6 Å². The summed E-state index contributed by atoms with van der Waals surface area (Å²) in [5.74, 6) is 0. The number of rotatable bonds is 1. The van der Waals surface area contributed by atoms with Crippen molar-refractivity contribution < 1.29 is 0 Å². The summed E-state index contributed by atoms with van der Waals surface area (Å²) < 4.78 is 1.80. The largest absolute Gasteiger partial charge is 0.255 e. The molecular formula is C10H8N4S. The molecular weight excluding hydrogens is 208 g/mol. The van der Waals surface area contributed by atoms with E-state index in [1.54, 1.807) is 22.0 Å². The van der Waals surface area contributed by atoms with Gasteiger partial charge in [0, 0.05) is 6.20 Å². The lowest BCUT2D eigenvalue weighted by atomic mass is 10.3. The first-order valence-corrected chi connectivity index (χ1v) is 5.39. The number of hydrogen-bond acceptors (Lipinski definition) is 4. The van der Waals surface area contributed by atoms with E-state index >= 15 is 0 Å². The van der Waals surface area contributed by atoms with E-state index < -0.39 is 0 Å². The van der Waals surface area contributed by atoms with Crippen LogP contribution in [0, 0.1) is 6.92 Å². The first-order chi connectivity index (χ1) is 7.33. The molecule has 0 aliphatic heterocycles. The van der Waals surface area contributed by atoms with Crippen LogP contribution in [0.15, 0.2) is 30.6 Å². The van der Waals surface area contributed by atoms with Crippen LogP contribution < -0.4 is 0 Å². The van der Waals surface area contributed by atoms with Crippen LogP contribution >= 0.6 is 11.3 Å². The molecule has 0 unspecified atom stereocenters. The Hall–Kier alpha value is -1.75. The lowest BCUT2D eigenvalue weighted by Gasteiger charge is -1.91. The fourth-order valence-electron chi connectivity index (χ4n) is 1.44. The van der Waals surface area contributed by atoms with Gasteiger partial charge in [-0.15, -0.1) is 0 Å². The lowest BCUT2D eigenvalue weighted by Crippen LogP contribution is -1.82. The summed E-state index contributed by atoms with van der Waals surface area (Å²) in [6.45, 7) is 1.97. The Bertz CT molecular complexity index is 565. The van der Waals surface area contributed by atoms with Crippen molar-refractivity contribution in [2.24, 2.45) is 0 Å². The summed E-state index contributed by atoms with van der Waals surface area (Å²) >= 11 is 1.58. The molecule has 74 valence electrons. The summed E-state index contributed by atoms with van der Waals surface area (Å²) in [6, 6.07) is 5.79. The molecule has 3 aromatic heterocycles. The third-order valence-corrected chi connectivity index (χ3v) is 2.91. The molecule has 0 bridgehead atoms. The van der Waals surface area contributed by atoms with Gasteiger partial charge in [0.1, 0.15) is 10.7 Å². The van der Waals surface area contributed by atoms with Gasteiger partial charge in [-0.3, -0.25) is 4.98 Å². The molecule has 0 fully saturated rings. The zero-order valence-corrected chi connectivity index (χ0v) is 8.90. The molecule has 3 aromatic rings. The number of nitrogens with zero attached hydrogens (tertiary/aromatic N) is 4. The summed E-state index contributed by atoms with van der Waals surface area (Å²) in [5, 5.41) is 5.32. The average Bonchev–Trinajstić information content (AvgIpc) is 2.76. The maximum atomic E-state index is 4.46. The van der Waals surface area contributed by atoms with E-state index in [2.05, 4.69) is 15.1 Å². The lowest BCUT2D eigenvalue weighted by molar-refractivity contribution is 0.946. The number of imidazole rings is 1. The Morgan fingerprint density at radius 3 is 2.93 bits per heavy atom. The fourth-order valence-corrected chi connectivity index (χ4v) is 2.16. The van der Waals surface area contributed by atoms with Crippen LogP contribution in [0.5, 0.6) is 0 Å². The predicted octanol–water partition coefficient (Wildman–Crippen LogP) is 2.16. The molecule has 0 aromatic carbocycles. The minimum Gasteiger partial charge on any atom is -0.255 e. The number of fused-ring (bicyclic) bond motifs is 1. The zero-order chi connectivity index (χ0) is 10.3. The smallest absolute Gasteiger partial charge is 0.212 e. The van der Waals surface area contributed by atoms with E-state index in [1.807, 2.05) is 31.3 Å². The van der Waals surface area contributed by atoms with Crippen molar-refractivity contribution >= 4 is 16.3 Å². The SMILES string of the molecule is Cc1nn2cc(-c3ccccn3)nc2s1. The van der Waals surface area contributed by atoms with Crippen LogP contribution in [0.4, 0.5) is 0 Å². The molecule has 3 rings (SSSR count). The molecule has 0 atom stereocenters. The van der Waals surface area contributed by atoms with Crippen molar-refractivity contribution in [2.45, 2.75) is 6.92 Å². The molecule has 3 heterocycles. The van der Waals surface area contributed by atoms with Crippen molar-refractivity contribution in [3.8, 4) is 11.4 Å². The Kier molecular flexibility index (Phi) is 1.78. The van der Waals surface area contributed by atoms with Crippen LogP contribution in [0.3, 0.4) is 0 Å². The van der Waals surface area contributed by atoms with Gasteiger partial charge in [0.05, 0.1) is 11.9 Å². The minimum absolute atomic E-state index is 0.870. The third-order valence-electron chi connectivity index (χ3n) is 2.07. The zero-order valence-electron chi connectivity index (χ0n) is 8.08. The summed E-state index contributed by atoms with van der Waals surface area (Å²) in [7, 11) is 0. The fraction of sp³-hybridized carbons (Fsp3) is 0.100. The second kappa shape index (κ2) is 3.13. The first-order valence-electron chi connectivity index (χ1n) is 4.57. The second-order valence-corrected chi connectivity index (χ2v) is 4.35. The normalized spacial score (nSPS) is 11.0. The molecule has 0 aliphatic carbocycles. The van der Waals surface area contributed by atoms with Gasteiger partial charge in [0.15, 0.2) is 0 Å². The highest BCUT2D eigenvalue weighted by Gasteiger charge is 2.07. The molecule has 0 saturated heterocycles. The van der Waals surface area contributed by atoms with E-state index in [4.69, 9.17) is 0 Å². The monoisotopic (exact) mass is 216 g/mol. The Morgan fingerprint density at radius 1 is 1.27 bits per heavy atom. The quantitative estimate of drug-likeness (QED) is 0.626. The molecule has 0 amide bonds. The van der Waals surface area contributed by atoms with Gasteiger partial charge in [-0.1, -0.05) is 17.4 Å². The van der Waals surface area contributed by atoms with Crippen molar-refractivity contribution in [2.75, 3.05) is 0 Å². The maximum Gasteiger partial charge on any atom is 0.212 e. The predicted molar refractivity (Wildman–Crippen MR) is 58.8 cm³/mol. The van der Waals surface area contributed by atoms with Crippen LogP contribution in [-0.2, 0) is 0 Å². The van der Waals surface area contributed by atoms with Gasteiger partial charge in [-0.05, 0) is 19.1 Å². The van der Waals surface area contributed by atoms with Crippen LogP contribution in [0.25, 0.3) is 16.3 Å². The Morgan fingerprint density at radius 2 is 2.20 bits per heavy atom. The van der Waals surface area contributed by atoms with Gasteiger partial charge in [-0.2, -0.15) is 5.10 Å². The van der Waals surface area contributed by atoms with Gasteiger partial charge in [-0.25, -0.2) is 9.50 Å². The molecule has 0 aliphatic rings. The highest BCUT2D eigenvalue weighted by Crippen LogP contribution is 2.19. The number of aromatic nitrogens is 4. The summed E-state index contributed by atoms with van der Waals surface area (Å²) in [4.78, 5) is 9.62. The first kappa shape index (κ1) is 8.55. The molecule has 0 N–H and O–H groups in total. The second-order valence-electron chi connectivity index (χ2n) is 3.19. The van der Waals surface area contributed by atoms with Crippen LogP contribution in [0.1, 0.15) is 5.01 Å². The van der Waals surface area contributed by atoms with Crippen molar-refractivity contribution in [1.29, 1.82) is 0 Å².